The van der Waals surface area contributed by atoms with Crippen LogP contribution in [-0.4, -0.2) is 18.5 Å². The molecule has 1 N–H and O–H groups in total. The molecule has 0 aliphatic rings. The number of aryl methyl sites for hydroxylation is 1. The maximum Gasteiger partial charge on any atom is 0.306 e. The number of benzene rings is 1. The summed E-state index contributed by atoms with van der Waals surface area (Å²) in [5, 5.41) is 6.61. The van der Waals surface area contributed by atoms with Gasteiger partial charge in [0.15, 0.2) is 6.61 Å². The highest BCUT2D eigenvalue weighted by atomic mass is 32.1. The minimum absolute atomic E-state index is 0.253. The van der Waals surface area contributed by atoms with Crippen molar-refractivity contribution >= 4 is 28.9 Å². The van der Waals surface area contributed by atoms with Crippen molar-refractivity contribution in [2.75, 3.05) is 11.9 Å². The first-order valence-corrected chi connectivity index (χ1v) is 7.20. The highest BCUT2D eigenvalue weighted by Gasteiger charge is 2.08. The summed E-state index contributed by atoms with van der Waals surface area (Å²) in [6.07, 6.45) is 0.929. The van der Waals surface area contributed by atoms with E-state index in [1.165, 1.54) is 0 Å². The number of nitrogens with one attached hydrogen (secondary N) is 1. The smallest absolute Gasteiger partial charge is 0.306 e. The number of para-hydroxylation sites is 1. The van der Waals surface area contributed by atoms with Gasteiger partial charge in [-0.2, -0.15) is 11.3 Å². The van der Waals surface area contributed by atoms with E-state index in [1.807, 2.05) is 35.0 Å². The number of carbonyl (C=O) groups is 2. The number of anilines is 1. The molecule has 104 valence electrons. The Labute approximate surface area is 121 Å². The van der Waals surface area contributed by atoms with Crippen LogP contribution in [0.3, 0.4) is 0 Å². The summed E-state index contributed by atoms with van der Waals surface area (Å²) in [6, 6.07) is 11.0. The Bertz CT molecular complexity index is 552. The minimum Gasteiger partial charge on any atom is -0.456 e. The summed E-state index contributed by atoms with van der Waals surface area (Å²) in [5.74, 6) is -0.695. The fourth-order valence-electron chi connectivity index (χ4n) is 1.62. The molecule has 0 atom stereocenters. The predicted molar refractivity (Wildman–Crippen MR) is 78.7 cm³/mol. The maximum absolute atomic E-state index is 11.6. The van der Waals surface area contributed by atoms with E-state index in [0.29, 0.717) is 12.1 Å². The quantitative estimate of drug-likeness (QED) is 0.832. The number of hydrogen-bond donors (Lipinski definition) is 1. The fraction of sp³-hybridized carbons (Fsp3) is 0.200. The van der Waals surface area contributed by atoms with Crippen LogP contribution in [0, 0.1) is 0 Å². The second-order valence-electron chi connectivity index (χ2n) is 4.21. The zero-order valence-electron chi connectivity index (χ0n) is 10.9. The van der Waals surface area contributed by atoms with Gasteiger partial charge in [-0.25, -0.2) is 0 Å². The molecule has 0 saturated heterocycles. The number of hydrogen-bond acceptors (Lipinski definition) is 4. The summed E-state index contributed by atoms with van der Waals surface area (Å²) in [4.78, 5) is 23.1. The van der Waals surface area contributed by atoms with Crippen molar-refractivity contribution in [2.45, 2.75) is 12.8 Å². The summed E-state index contributed by atoms with van der Waals surface area (Å²) < 4.78 is 4.93. The second kappa shape index (κ2) is 7.45. The standard InChI is InChI=1S/C15H15NO3S/c17-14(16-13-4-2-1-3-5-13)10-19-15(18)7-6-12-8-9-20-11-12/h1-5,8-9,11H,6-7,10H2,(H,16,17). The van der Waals surface area contributed by atoms with E-state index >= 15 is 0 Å². The summed E-state index contributed by atoms with van der Waals surface area (Å²) in [7, 11) is 0. The molecule has 1 aromatic heterocycles. The van der Waals surface area contributed by atoms with E-state index in [0.717, 1.165) is 5.56 Å². The molecule has 2 rings (SSSR count). The van der Waals surface area contributed by atoms with E-state index in [4.69, 9.17) is 4.74 Å². The van der Waals surface area contributed by atoms with E-state index in [9.17, 15) is 9.59 Å². The normalized spacial score (nSPS) is 10.0. The Morgan fingerprint density at radius 2 is 1.95 bits per heavy atom. The molecule has 0 saturated carbocycles. The number of thiophene rings is 1. The Balaban J connectivity index is 1.66. The Kier molecular flexibility index (Phi) is 5.32. The Hall–Kier alpha value is -2.14. The molecule has 1 amide bonds. The van der Waals surface area contributed by atoms with E-state index in [-0.39, 0.29) is 24.9 Å². The van der Waals surface area contributed by atoms with Gasteiger partial charge < -0.3 is 10.1 Å². The number of rotatable bonds is 6. The SMILES string of the molecule is O=C(COC(=O)CCc1ccsc1)Nc1ccccc1. The van der Waals surface area contributed by atoms with Gasteiger partial charge >= 0.3 is 5.97 Å². The average molecular weight is 289 g/mol. The van der Waals surface area contributed by atoms with Crippen LogP contribution >= 0.6 is 11.3 Å². The summed E-state index contributed by atoms with van der Waals surface area (Å²) in [6.45, 7) is -0.253. The van der Waals surface area contributed by atoms with Gasteiger partial charge in [-0.1, -0.05) is 18.2 Å². The van der Waals surface area contributed by atoms with Gasteiger partial charge in [0.1, 0.15) is 0 Å². The molecule has 0 bridgehead atoms. The molecule has 1 aromatic carbocycles. The molecule has 0 aliphatic carbocycles. The van der Waals surface area contributed by atoms with Crippen LogP contribution in [0.5, 0.6) is 0 Å². The van der Waals surface area contributed by atoms with Gasteiger partial charge in [-0.15, -0.1) is 0 Å². The number of esters is 1. The average Bonchev–Trinajstić information content (AvgIpc) is 2.97. The van der Waals surface area contributed by atoms with Crippen molar-refractivity contribution in [2.24, 2.45) is 0 Å². The van der Waals surface area contributed by atoms with Crippen LogP contribution in [0.2, 0.25) is 0 Å². The molecule has 20 heavy (non-hydrogen) atoms. The van der Waals surface area contributed by atoms with Crippen molar-refractivity contribution in [1.82, 2.24) is 0 Å². The molecule has 0 radical (unpaired) electrons. The number of amides is 1. The van der Waals surface area contributed by atoms with Gasteiger partial charge in [-0.3, -0.25) is 9.59 Å². The molecule has 1 heterocycles. The highest BCUT2D eigenvalue weighted by Crippen LogP contribution is 2.09. The van der Waals surface area contributed by atoms with Gasteiger partial charge in [0, 0.05) is 12.1 Å². The number of ether oxygens (including phenoxy) is 1. The van der Waals surface area contributed by atoms with Gasteiger partial charge in [0.2, 0.25) is 0 Å². The molecule has 0 spiro atoms. The first kappa shape index (κ1) is 14.3. The van der Waals surface area contributed by atoms with E-state index in [1.54, 1.807) is 23.5 Å². The van der Waals surface area contributed by atoms with Crippen LogP contribution in [-0.2, 0) is 20.7 Å². The molecule has 0 unspecified atom stereocenters. The topological polar surface area (TPSA) is 55.4 Å². The van der Waals surface area contributed by atoms with Crippen LogP contribution in [0.1, 0.15) is 12.0 Å². The van der Waals surface area contributed by atoms with Gasteiger partial charge in [0.25, 0.3) is 5.91 Å². The Morgan fingerprint density at radius 3 is 2.65 bits per heavy atom. The van der Waals surface area contributed by atoms with Crippen molar-refractivity contribution in [3.05, 3.63) is 52.7 Å². The summed E-state index contributed by atoms with van der Waals surface area (Å²) >= 11 is 1.59. The highest BCUT2D eigenvalue weighted by molar-refractivity contribution is 7.07. The van der Waals surface area contributed by atoms with Crippen LogP contribution < -0.4 is 5.32 Å². The van der Waals surface area contributed by atoms with Crippen molar-refractivity contribution < 1.29 is 14.3 Å². The zero-order chi connectivity index (χ0) is 14.2. The molecular formula is C15H15NO3S. The van der Waals surface area contributed by atoms with Gasteiger partial charge in [-0.05, 0) is 40.9 Å². The van der Waals surface area contributed by atoms with Gasteiger partial charge in [0.05, 0.1) is 0 Å². The van der Waals surface area contributed by atoms with Crippen LogP contribution in [0.15, 0.2) is 47.2 Å². The molecule has 4 nitrogen and oxygen atoms in total. The van der Waals surface area contributed by atoms with Crippen molar-refractivity contribution in [1.29, 1.82) is 0 Å². The van der Waals surface area contributed by atoms with Crippen LogP contribution in [0.4, 0.5) is 5.69 Å². The first-order chi connectivity index (χ1) is 9.74. The molecule has 0 aliphatic heterocycles. The van der Waals surface area contributed by atoms with E-state index in [2.05, 4.69) is 5.32 Å². The molecular weight excluding hydrogens is 274 g/mol. The minimum atomic E-state index is -0.362. The zero-order valence-corrected chi connectivity index (χ0v) is 11.7. The largest absolute Gasteiger partial charge is 0.456 e. The van der Waals surface area contributed by atoms with Crippen LogP contribution in [0.25, 0.3) is 0 Å². The second-order valence-corrected chi connectivity index (χ2v) is 4.99. The molecule has 5 heteroatoms. The third kappa shape index (κ3) is 4.85. The lowest BCUT2D eigenvalue weighted by atomic mass is 10.2. The van der Waals surface area contributed by atoms with Crippen molar-refractivity contribution in [3.63, 3.8) is 0 Å². The first-order valence-electron chi connectivity index (χ1n) is 6.25. The predicted octanol–water partition coefficient (Wildman–Crippen LogP) is 2.86. The molecule has 2 aromatic rings. The summed E-state index contributed by atoms with van der Waals surface area (Å²) in [5.41, 5.74) is 1.80. The maximum atomic E-state index is 11.6. The molecule has 0 fully saturated rings. The lowest BCUT2D eigenvalue weighted by Crippen LogP contribution is -2.20. The Morgan fingerprint density at radius 1 is 1.15 bits per heavy atom. The monoisotopic (exact) mass is 289 g/mol. The third-order valence-electron chi connectivity index (χ3n) is 2.62. The van der Waals surface area contributed by atoms with Crippen molar-refractivity contribution in [3.8, 4) is 0 Å². The fourth-order valence-corrected chi connectivity index (χ4v) is 2.32. The lowest BCUT2D eigenvalue weighted by Gasteiger charge is -2.06. The lowest BCUT2D eigenvalue weighted by molar-refractivity contribution is -0.147. The van der Waals surface area contributed by atoms with E-state index < -0.39 is 0 Å². The third-order valence-corrected chi connectivity index (χ3v) is 3.35. The number of carbonyl (C=O) groups excluding carboxylic acids is 2.